The van der Waals surface area contributed by atoms with Crippen LogP contribution in [-0.2, 0) is 28.4 Å². The summed E-state index contributed by atoms with van der Waals surface area (Å²) in [5.41, 5.74) is -0.0868. The van der Waals surface area contributed by atoms with Crippen molar-refractivity contribution in [1.82, 2.24) is 0 Å². The van der Waals surface area contributed by atoms with E-state index in [1.165, 1.54) is 0 Å². The molecule has 8 fully saturated rings. The van der Waals surface area contributed by atoms with Crippen molar-refractivity contribution in [2.24, 2.45) is 52.3 Å². The lowest BCUT2D eigenvalue weighted by molar-refractivity contribution is -0.355. The van der Waals surface area contributed by atoms with Crippen LogP contribution in [0.25, 0.3) is 0 Å². The van der Waals surface area contributed by atoms with E-state index in [-0.39, 0.29) is 29.5 Å². The Hall–Kier alpha value is -0.480. The van der Waals surface area contributed by atoms with E-state index in [0.717, 1.165) is 58.0 Å². The van der Waals surface area contributed by atoms with Crippen LogP contribution >= 0.6 is 0 Å². The highest BCUT2D eigenvalue weighted by Crippen LogP contribution is 2.71. The van der Waals surface area contributed by atoms with Gasteiger partial charge in [-0.2, -0.15) is 0 Å². The molecule has 4 aliphatic carbocycles. The number of hydrogen-bond acceptors (Lipinski definition) is 12. The summed E-state index contributed by atoms with van der Waals surface area (Å²) in [7, 11) is 0. The molecule has 12 heteroatoms. The smallest absolute Gasteiger partial charge is 0.187 e. The van der Waals surface area contributed by atoms with Gasteiger partial charge in [0.1, 0.15) is 36.6 Å². The molecular formula is C38H62O12. The minimum Gasteiger partial charge on any atom is -0.393 e. The Morgan fingerprint density at radius 2 is 1.50 bits per heavy atom. The maximum atomic E-state index is 11.5. The first-order chi connectivity index (χ1) is 23.7. The van der Waals surface area contributed by atoms with Crippen LogP contribution in [0.3, 0.4) is 0 Å². The van der Waals surface area contributed by atoms with Crippen molar-refractivity contribution in [3.8, 4) is 0 Å². The van der Waals surface area contributed by atoms with Gasteiger partial charge in [-0.05, 0) is 98.2 Å². The zero-order chi connectivity index (χ0) is 35.5. The lowest BCUT2D eigenvalue weighted by Gasteiger charge is -2.63. The number of aliphatic hydroxyl groups is 6. The van der Waals surface area contributed by atoms with Crippen LogP contribution < -0.4 is 0 Å². The highest BCUT2D eigenvalue weighted by Gasteiger charge is 2.70. The van der Waals surface area contributed by atoms with E-state index in [1.807, 2.05) is 0 Å². The molecule has 0 aromatic carbocycles. The van der Waals surface area contributed by atoms with Crippen molar-refractivity contribution in [3.63, 3.8) is 0 Å². The number of ether oxygens (including phenoxy) is 6. The first kappa shape index (κ1) is 36.5. The first-order valence-electron chi connectivity index (χ1n) is 19.7. The standard InChI is InChI=1S/C38H62O12/c1-17-8-11-38(46-15-17)18(2)28-26(50-38)14-24-22-7-6-20-12-21(39)13-27(37(20,5)23(22)9-10-36(24,28)4)48-34-32(44)33(25(40)16-45-34)49-35-31(43)30(42)29(41)19(3)47-35/h17-35,39-44H,6-16H2,1-5H3/t17-,18+,19+,20+,21-,22-,23+,24+,25+,26+,27-,28+,29+,30-,31-,32-,33+,34+,35+,36+,37+,38-/m1/s1. The Bertz CT molecular complexity index is 1230. The number of hydrogen-bond donors (Lipinski definition) is 6. The van der Waals surface area contributed by atoms with E-state index in [4.69, 9.17) is 28.4 Å². The van der Waals surface area contributed by atoms with Crippen LogP contribution in [0.4, 0.5) is 0 Å². The quantitative estimate of drug-likeness (QED) is 0.251. The highest BCUT2D eigenvalue weighted by molar-refractivity contribution is 5.16. The van der Waals surface area contributed by atoms with Crippen LogP contribution in [0.5, 0.6) is 0 Å². The fourth-order valence-corrected chi connectivity index (χ4v) is 13.0. The number of fused-ring (bicyclic) bond motifs is 7. The van der Waals surface area contributed by atoms with E-state index in [2.05, 4.69) is 27.7 Å². The molecule has 4 saturated carbocycles. The van der Waals surface area contributed by atoms with E-state index in [1.54, 1.807) is 6.92 Å². The largest absolute Gasteiger partial charge is 0.393 e. The van der Waals surface area contributed by atoms with Crippen molar-refractivity contribution in [3.05, 3.63) is 0 Å². The van der Waals surface area contributed by atoms with Crippen LogP contribution in [0, 0.1) is 52.3 Å². The van der Waals surface area contributed by atoms with Crippen molar-refractivity contribution >= 4 is 0 Å². The average Bonchev–Trinajstić information content (AvgIpc) is 3.53. The molecule has 0 aromatic rings. The van der Waals surface area contributed by atoms with Crippen molar-refractivity contribution < 1.29 is 59.1 Å². The van der Waals surface area contributed by atoms with E-state index >= 15 is 0 Å². The zero-order valence-corrected chi connectivity index (χ0v) is 30.4. The average molecular weight is 711 g/mol. The molecule has 4 heterocycles. The van der Waals surface area contributed by atoms with E-state index < -0.39 is 73.3 Å². The van der Waals surface area contributed by atoms with Crippen LogP contribution in [0.2, 0.25) is 0 Å². The zero-order valence-electron chi connectivity index (χ0n) is 30.4. The fraction of sp³-hybridized carbons (Fsp3) is 1.00. The van der Waals surface area contributed by atoms with E-state index in [9.17, 15) is 30.6 Å². The van der Waals surface area contributed by atoms with Gasteiger partial charge in [-0.15, -0.1) is 0 Å². The second-order valence-corrected chi connectivity index (χ2v) is 18.3. The van der Waals surface area contributed by atoms with Gasteiger partial charge in [0, 0.05) is 18.8 Å². The molecule has 4 saturated heterocycles. The van der Waals surface area contributed by atoms with Crippen LogP contribution in [0.1, 0.15) is 92.4 Å². The molecule has 12 nitrogen and oxygen atoms in total. The lowest BCUT2D eigenvalue weighted by atomic mass is 9.43. The predicted octanol–water partition coefficient (Wildman–Crippen LogP) is 2.08. The minimum atomic E-state index is -1.58. The molecular weight excluding hydrogens is 648 g/mol. The predicted molar refractivity (Wildman–Crippen MR) is 177 cm³/mol. The summed E-state index contributed by atoms with van der Waals surface area (Å²) < 4.78 is 37.7. The van der Waals surface area contributed by atoms with Crippen molar-refractivity contribution in [1.29, 1.82) is 0 Å². The van der Waals surface area contributed by atoms with Gasteiger partial charge < -0.3 is 59.1 Å². The van der Waals surface area contributed by atoms with Crippen molar-refractivity contribution in [2.75, 3.05) is 13.2 Å². The van der Waals surface area contributed by atoms with Gasteiger partial charge in [-0.3, -0.25) is 0 Å². The molecule has 0 bridgehead atoms. The Morgan fingerprint density at radius 1 is 0.720 bits per heavy atom. The van der Waals surface area contributed by atoms with Gasteiger partial charge in [-0.1, -0.05) is 27.7 Å². The van der Waals surface area contributed by atoms with Crippen LogP contribution in [0.15, 0.2) is 0 Å². The monoisotopic (exact) mass is 710 g/mol. The van der Waals surface area contributed by atoms with Gasteiger partial charge in [0.05, 0.1) is 37.6 Å². The Balaban J connectivity index is 0.998. The van der Waals surface area contributed by atoms with Gasteiger partial charge in [0.2, 0.25) is 0 Å². The molecule has 6 N–H and O–H groups in total. The summed E-state index contributed by atoms with van der Waals surface area (Å²) in [6.07, 6.45) is -3.73. The Labute approximate surface area is 296 Å². The number of rotatable bonds is 4. The molecule has 0 unspecified atom stereocenters. The maximum Gasteiger partial charge on any atom is 0.187 e. The Morgan fingerprint density at radius 3 is 2.24 bits per heavy atom. The summed E-state index contributed by atoms with van der Waals surface area (Å²) >= 11 is 0. The van der Waals surface area contributed by atoms with Gasteiger partial charge in [0.25, 0.3) is 0 Å². The van der Waals surface area contributed by atoms with Gasteiger partial charge in [-0.25, -0.2) is 0 Å². The second-order valence-electron chi connectivity index (χ2n) is 18.3. The minimum absolute atomic E-state index is 0.172. The Kier molecular flexibility index (Phi) is 9.55. The van der Waals surface area contributed by atoms with Gasteiger partial charge >= 0.3 is 0 Å². The molecule has 286 valence electrons. The molecule has 0 radical (unpaired) electrons. The fourth-order valence-electron chi connectivity index (χ4n) is 13.0. The van der Waals surface area contributed by atoms with E-state index in [0.29, 0.717) is 41.9 Å². The topological polar surface area (TPSA) is 177 Å². The third kappa shape index (κ3) is 5.52. The molecule has 8 aliphatic rings. The van der Waals surface area contributed by atoms with Crippen LogP contribution in [-0.4, -0.2) is 123 Å². The van der Waals surface area contributed by atoms with Crippen molar-refractivity contribution in [2.45, 2.75) is 172 Å². The summed E-state index contributed by atoms with van der Waals surface area (Å²) in [5, 5.41) is 64.5. The maximum absolute atomic E-state index is 11.5. The molecule has 8 rings (SSSR count). The summed E-state index contributed by atoms with van der Waals surface area (Å²) in [6, 6.07) is 0. The van der Waals surface area contributed by atoms with Gasteiger partial charge in [0.15, 0.2) is 18.4 Å². The summed E-state index contributed by atoms with van der Waals surface area (Å²) in [5.74, 6) is 2.64. The molecule has 0 aromatic heterocycles. The highest BCUT2D eigenvalue weighted by atomic mass is 16.7. The molecule has 22 atom stereocenters. The second kappa shape index (κ2) is 13.1. The lowest BCUT2D eigenvalue weighted by Crippen LogP contribution is -2.64. The molecule has 0 amide bonds. The number of aliphatic hydroxyl groups excluding tert-OH is 6. The summed E-state index contributed by atoms with van der Waals surface area (Å²) in [6.45, 7) is 11.6. The molecule has 50 heavy (non-hydrogen) atoms. The molecule has 4 aliphatic heterocycles. The molecule has 1 spiro atoms. The third-order valence-corrected chi connectivity index (χ3v) is 15.8. The third-order valence-electron chi connectivity index (χ3n) is 15.8. The SMILES string of the molecule is C[C@@H]1CC[C@@]2(OC1)O[C@H]1C[C@H]3[C@@H]4CC[C@H]5C[C@@H](O)C[C@@H](O[C@@H]6OC[C@H](O)[C@H](O[C@@H]7O[C@@H](C)[C@H](O)[C@@H](O)[C@H]7O)[C@H]6O)[C@]5(C)[C@H]4CC[C@]3(C)[C@H]1[C@@H]2C. The first-order valence-corrected chi connectivity index (χ1v) is 19.7. The summed E-state index contributed by atoms with van der Waals surface area (Å²) in [4.78, 5) is 0. The normalized spacial score (nSPS) is 60.9.